The molecule has 1 heterocycles. The number of nitrogens with zero attached hydrogens (tertiary/aromatic N) is 2. The molecular weight excluding hydrogens is 526 g/mol. The first-order valence-corrected chi connectivity index (χ1v) is 14.5. The second kappa shape index (κ2) is 14.3. The molecule has 0 saturated carbocycles. The summed E-state index contributed by atoms with van der Waals surface area (Å²) in [4.78, 5) is 30.6. The molecule has 1 unspecified atom stereocenters. The lowest BCUT2D eigenvalue weighted by molar-refractivity contribution is -0.121. The lowest BCUT2D eigenvalue weighted by atomic mass is 9.87. The van der Waals surface area contributed by atoms with Crippen LogP contribution in [0.25, 0.3) is 6.08 Å². The molecule has 4 rings (SSSR count). The fourth-order valence-electron chi connectivity index (χ4n) is 4.87. The number of benzene rings is 3. The molecular formula is C34H43N5O3. The number of anilines is 3. The zero-order valence-electron chi connectivity index (χ0n) is 25.1. The van der Waals surface area contributed by atoms with E-state index in [0.29, 0.717) is 11.4 Å². The number of likely N-dealkylation sites (N-methyl/N-ethyl adjacent to an activating group) is 1. The van der Waals surface area contributed by atoms with Crippen molar-refractivity contribution >= 4 is 35.0 Å². The summed E-state index contributed by atoms with van der Waals surface area (Å²) >= 11 is 0. The summed E-state index contributed by atoms with van der Waals surface area (Å²) in [5.41, 5.74) is 10.8. The predicted octanol–water partition coefficient (Wildman–Crippen LogP) is 5.16. The summed E-state index contributed by atoms with van der Waals surface area (Å²) in [6.45, 7) is 11.4. The number of rotatable bonds is 10. The van der Waals surface area contributed by atoms with Crippen LogP contribution in [0.15, 0.2) is 78.9 Å². The van der Waals surface area contributed by atoms with Gasteiger partial charge in [-0.2, -0.15) is 0 Å². The van der Waals surface area contributed by atoms with E-state index >= 15 is 0 Å². The van der Waals surface area contributed by atoms with Crippen molar-refractivity contribution in [2.24, 2.45) is 0 Å². The number of nitrogens with two attached hydrogens (primary N) is 1. The second-order valence-electron chi connectivity index (χ2n) is 11.7. The molecule has 4 N–H and O–H groups in total. The third-order valence-corrected chi connectivity index (χ3v) is 7.48. The highest BCUT2D eigenvalue weighted by Crippen LogP contribution is 2.26. The van der Waals surface area contributed by atoms with Crippen LogP contribution in [-0.4, -0.2) is 68.1 Å². The summed E-state index contributed by atoms with van der Waals surface area (Å²) in [5.74, 6) is -0.360. The molecule has 0 spiro atoms. The molecule has 1 aliphatic rings. The molecule has 42 heavy (non-hydrogen) atoms. The number of morpholine rings is 1. The number of ether oxygens (including phenoxy) is 1. The van der Waals surface area contributed by atoms with Crippen LogP contribution in [0.4, 0.5) is 17.1 Å². The summed E-state index contributed by atoms with van der Waals surface area (Å²) in [6.07, 6.45) is 3.22. The average molecular weight is 570 g/mol. The molecule has 3 aromatic carbocycles. The molecule has 8 heteroatoms. The van der Waals surface area contributed by atoms with Crippen LogP contribution < -0.4 is 16.4 Å². The van der Waals surface area contributed by atoms with E-state index in [-0.39, 0.29) is 17.2 Å². The maximum absolute atomic E-state index is 13.7. The van der Waals surface area contributed by atoms with Crippen LogP contribution in [0.1, 0.15) is 43.5 Å². The van der Waals surface area contributed by atoms with Gasteiger partial charge in [0.25, 0.3) is 0 Å². The Hall–Kier alpha value is -3.98. The topological polar surface area (TPSA) is 99.9 Å². The van der Waals surface area contributed by atoms with Gasteiger partial charge in [-0.1, -0.05) is 69.3 Å². The molecule has 1 atom stereocenters. The van der Waals surface area contributed by atoms with Gasteiger partial charge in [0.2, 0.25) is 11.8 Å². The Labute approximate surface area is 249 Å². The van der Waals surface area contributed by atoms with E-state index in [1.54, 1.807) is 18.2 Å². The zero-order valence-corrected chi connectivity index (χ0v) is 25.1. The van der Waals surface area contributed by atoms with Gasteiger partial charge in [0, 0.05) is 37.9 Å². The number of carbonyl (C=O) groups is 2. The van der Waals surface area contributed by atoms with Crippen LogP contribution in [0.5, 0.6) is 0 Å². The largest absolute Gasteiger partial charge is 0.397 e. The number of hydrogen-bond acceptors (Lipinski definition) is 6. The maximum Gasteiger partial charge on any atom is 0.248 e. The Morgan fingerprint density at radius 3 is 2.29 bits per heavy atom. The van der Waals surface area contributed by atoms with Gasteiger partial charge in [0.05, 0.1) is 24.6 Å². The summed E-state index contributed by atoms with van der Waals surface area (Å²) < 4.78 is 5.48. The lowest BCUT2D eigenvalue weighted by Gasteiger charge is -2.32. The van der Waals surface area contributed by atoms with Crippen molar-refractivity contribution in [3.8, 4) is 0 Å². The third-order valence-electron chi connectivity index (χ3n) is 7.48. The van der Waals surface area contributed by atoms with E-state index < -0.39 is 6.04 Å². The Balaban J connectivity index is 1.47. The first-order chi connectivity index (χ1) is 20.1. The van der Waals surface area contributed by atoms with Crippen molar-refractivity contribution in [1.82, 2.24) is 9.80 Å². The molecule has 1 fully saturated rings. The molecule has 222 valence electrons. The van der Waals surface area contributed by atoms with Gasteiger partial charge in [0.15, 0.2) is 0 Å². The monoisotopic (exact) mass is 569 g/mol. The fourth-order valence-corrected chi connectivity index (χ4v) is 4.87. The van der Waals surface area contributed by atoms with E-state index in [4.69, 9.17) is 10.5 Å². The van der Waals surface area contributed by atoms with Gasteiger partial charge >= 0.3 is 0 Å². The van der Waals surface area contributed by atoms with E-state index in [2.05, 4.69) is 53.3 Å². The van der Waals surface area contributed by atoms with Crippen molar-refractivity contribution < 1.29 is 14.3 Å². The molecule has 0 bridgehead atoms. The van der Waals surface area contributed by atoms with Crippen LogP contribution in [-0.2, 0) is 19.7 Å². The number of carbonyl (C=O) groups excluding carboxylic acids is 2. The van der Waals surface area contributed by atoms with Crippen LogP contribution in [0.2, 0.25) is 0 Å². The number of nitrogen functional groups attached to an aromatic ring is 1. The SMILES string of the molecule is CN(CCN1CCOCC1)C(C(=O)Nc1ccc(C(C)(C)C)cc1)c1ccc(/C=C/C(=O)Nc2ccccc2N)cc1. The van der Waals surface area contributed by atoms with Crippen molar-refractivity contribution in [2.45, 2.75) is 32.2 Å². The summed E-state index contributed by atoms with van der Waals surface area (Å²) in [6, 6.07) is 22.4. The quantitative estimate of drug-likeness (QED) is 0.230. The molecule has 0 radical (unpaired) electrons. The van der Waals surface area contributed by atoms with Crippen molar-refractivity contribution in [2.75, 3.05) is 62.8 Å². The van der Waals surface area contributed by atoms with Gasteiger partial charge in [-0.3, -0.25) is 19.4 Å². The Bertz CT molecular complexity index is 1360. The molecule has 1 saturated heterocycles. The van der Waals surface area contributed by atoms with E-state index in [9.17, 15) is 9.59 Å². The minimum absolute atomic E-state index is 0.0383. The fraction of sp³-hybridized carbons (Fsp3) is 0.353. The first kappa shape index (κ1) is 31.0. The van der Waals surface area contributed by atoms with Crippen LogP contribution in [0, 0.1) is 0 Å². The molecule has 0 aliphatic carbocycles. The second-order valence-corrected chi connectivity index (χ2v) is 11.7. The molecule has 1 aliphatic heterocycles. The summed E-state index contributed by atoms with van der Waals surface area (Å²) in [7, 11) is 1.99. The molecule has 8 nitrogen and oxygen atoms in total. The minimum atomic E-state index is -0.490. The van der Waals surface area contributed by atoms with Gasteiger partial charge < -0.3 is 21.1 Å². The first-order valence-electron chi connectivity index (χ1n) is 14.5. The Kier molecular flexibility index (Phi) is 10.5. The highest BCUT2D eigenvalue weighted by Gasteiger charge is 2.26. The molecule has 2 amide bonds. The number of para-hydroxylation sites is 2. The number of amides is 2. The van der Waals surface area contributed by atoms with Gasteiger partial charge in [-0.25, -0.2) is 0 Å². The van der Waals surface area contributed by atoms with Gasteiger partial charge in [-0.15, -0.1) is 0 Å². The third kappa shape index (κ3) is 8.76. The van der Waals surface area contributed by atoms with Crippen LogP contribution >= 0.6 is 0 Å². The van der Waals surface area contributed by atoms with E-state index in [0.717, 1.165) is 56.2 Å². The normalized spacial score (nSPS) is 15.1. The predicted molar refractivity (Wildman–Crippen MR) is 171 cm³/mol. The Morgan fingerprint density at radius 2 is 1.64 bits per heavy atom. The van der Waals surface area contributed by atoms with Gasteiger partial charge in [0.1, 0.15) is 6.04 Å². The zero-order chi connectivity index (χ0) is 30.1. The van der Waals surface area contributed by atoms with Gasteiger partial charge in [-0.05, 0) is 59.5 Å². The molecule has 3 aromatic rings. The van der Waals surface area contributed by atoms with Crippen LogP contribution in [0.3, 0.4) is 0 Å². The smallest absolute Gasteiger partial charge is 0.248 e. The number of nitrogens with one attached hydrogen (secondary N) is 2. The minimum Gasteiger partial charge on any atom is -0.397 e. The molecule has 0 aromatic heterocycles. The Morgan fingerprint density at radius 1 is 0.976 bits per heavy atom. The highest BCUT2D eigenvalue weighted by molar-refractivity contribution is 6.03. The lowest BCUT2D eigenvalue weighted by Crippen LogP contribution is -2.43. The van der Waals surface area contributed by atoms with Crippen molar-refractivity contribution in [1.29, 1.82) is 0 Å². The average Bonchev–Trinajstić information content (AvgIpc) is 2.97. The number of hydrogen-bond donors (Lipinski definition) is 3. The standard InChI is InChI=1S/C34H43N5O3/c1-34(2,3)27-14-16-28(17-15-27)36-33(41)32(38(4)19-20-39-21-23-42-24-22-39)26-12-9-25(10-13-26)11-18-31(40)37-30-8-6-5-7-29(30)35/h5-18,32H,19-24,35H2,1-4H3,(H,36,41)(H,37,40)/b18-11+. The highest BCUT2D eigenvalue weighted by atomic mass is 16.5. The maximum atomic E-state index is 13.7. The summed E-state index contributed by atoms with van der Waals surface area (Å²) in [5, 5.41) is 5.92. The van der Waals surface area contributed by atoms with E-state index in [1.807, 2.05) is 55.6 Å². The van der Waals surface area contributed by atoms with E-state index in [1.165, 1.54) is 11.6 Å². The van der Waals surface area contributed by atoms with Crippen molar-refractivity contribution in [3.63, 3.8) is 0 Å². The van der Waals surface area contributed by atoms with Crippen molar-refractivity contribution in [3.05, 3.63) is 95.6 Å².